The first-order chi connectivity index (χ1) is 8.76. The van der Waals surface area contributed by atoms with Crippen LogP contribution in [0.15, 0.2) is 17.8 Å². The highest BCUT2D eigenvalue weighted by Crippen LogP contribution is 2.15. The zero-order valence-corrected chi connectivity index (χ0v) is 11.3. The van der Waals surface area contributed by atoms with Gasteiger partial charge >= 0.3 is 0 Å². The Morgan fingerprint density at radius 3 is 2.95 bits per heavy atom. The molecule has 0 saturated heterocycles. The SMILES string of the molecule is CC[C@H](CCn1cnc2c(N)ncnc21)N=[N+]=[N-].Cl. The standard InChI is InChI=1S/C10H14N8.ClH/c1-2-7(16-17-12)3-4-18-6-15-8-9(11)13-5-14-10(8)18;/h5-7H,2-4H2,1H3,(H2,11,13,14);1H/t7-;/m1./s1. The summed E-state index contributed by atoms with van der Waals surface area (Å²) in [6, 6.07) is -0.00775. The zero-order valence-electron chi connectivity index (χ0n) is 10.5. The number of aromatic nitrogens is 4. The molecule has 2 heterocycles. The van der Waals surface area contributed by atoms with Crippen molar-refractivity contribution in [2.45, 2.75) is 32.4 Å². The topological polar surface area (TPSA) is 118 Å². The quantitative estimate of drug-likeness (QED) is 0.514. The summed E-state index contributed by atoms with van der Waals surface area (Å²) < 4.78 is 1.89. The van der Waals surface area contributed by atoms with Crippen LogP contribution >= 0.6 is 12.4 Å². The van der Waals surface area contributed by atoms with E-state index in [4.69, 9.17) is 11.3 Å². The van der Waals surface area contributed by atoms with Gasteiger partial charge in [-0.2, -0.15) is 0 Å². The number of halogens is 1. The van der Waals surface area contributed by atoms with Crippen molar-refractivity contribution in [3.63, 3.8) is 0 Å². The Morgan fingerprint density at radius 2 is 2.26 bits per heavy atom. The lowest BCUT2D eigenvalue weighted by Crippen LogP contribution is -2.08. The van der Waals surface area contributed by atoms with Gasteiger partial charge in [0.15, 0.2) is 11.5 Å². The van der Waals surface area contributed by atoms with Crippen molar-refractivity contribution in [3.8, 4) is 0 Å². The number of anilines is 1. The number of aryl methyl sites for hydroxylation is 1. The van der Waals surface area contributed by atoms with Gasteiger partial charge in [-0.1, -0.05) is 12.0 Å². The summed E-state index contributed by atoms with van der Waals surface area (Å²) in [5.74, 6) is 0.376. The number of hydrogen-bond donors (Lipinski definition) is 1. The molecule has 2 aromatic rings. The molecule has 0 aliphatic carbocycles. The second-order valence-corrected chi connectivity index (χ2v) is 3.92. The summed E-state index contributed by atoms with van der Waals surface area (Å²) in [6.45, 7) is 2.68. The van der Waals surface area contributed by atoms with Crippen LogP contribution in [0, 0.1) is 0 Å². The van der Waals surface area contributed by atoms with Crippen LogP contribution in [0.25, 0.3) is 21.6 Å². The van der Waals surface area contributed by atoms with E-state index < -0.39 is 0 Å². The molecule has 2 rings (SSSR count). The summed E-state index contributed by atoms with van der Waals surface area (Å²) in [7, 11) is 0. The van der Waals surface area contributed by atoms with E-state index in [0.717, 1.165) is 12.8 Å². The van der Waals surface area contributed by atoms with Gasteiger partial charge in [-0.3, -0.25) is 0 Å². The van der Waals surface area contributed by atoms with Gasteiger partial charge in [-0.25, -0.2) is 15.0 Å². The highest BCUT2D eigenvalue weighted by atomic mass is 35.5. The highest BCUT2D eigenvalue weighted by molar-refractivity contribution is 5.85. The van der Waals surface area contributed by atoms with Crippen LogP contribution in [-0.2, 0) is 6.54 Å². The first-order valence-electron chi connectivity index (χ1n) is 5.71. The molecule has 0 saturated carbocycles. The fourth-order valence-corrected chi connectivity index (χ4v) is 1.77. The number of nitrogens with two attached hydrogens (primary N) is 1. The van der Waals surface area contributed by atoms with Crippen molar-refractivity contribution in [2.24, 2.45) is 5.11 Å². The fourth-order valence-electron chi connectivity index (χ4n) is 1.77. The molecule has 19 heavy (non-hydrogen) atoms. The molecular weight excluding hydrogens is 268 g/mol. The lowest BCUT2D eigenvalue weighted by atomic mass is 10.2. The molecule has 0 bridgehead atoms. The van der Waals surface area contributed by atoms with Crippen molar-refractivity contribution in [1.82, 2.24) is 19.5 Å². The molecule has 8 nitrogen and oxygen atoms in total. The van der Waals surface area contributed by atoms with Gasteiger partial charge in [0.1, 0.15) is 11.8 Å². The minimum atomic E-state index is -0.00775. The number of hydrogen-bond acceptors (Lipinski definition) is 5. The molecule has 102 valence electrons. The maximum Gasteiger partial charge on any atom is 0.165 e. The molecule has 0 amide bonds. The molecule has 2 aromatic heterocycles. The summed E-state index contributed by atoms with van der Waals surface area (Å²) in [5, 5.41) is 3.73. The lowest BCUT2D eigenvalue weighted by molar-refractivity contribution is 0.533. The van der Waals surface area contributed by atoms with Crippen LogP contribution < -0.4 is 5.73 Å². The van der Waals surface area contributed by atoms with Crippen LogP contribution in [0.4, 0.5) is 5.82 Å². The Morgan fingerprint density at radius 1 is 1.47 bits per heavy atom. The number of nitrogen functional groups attached to an aromatic ring is 1. The molecule has 2 N–H and O–H groups in total. The Labute approximate surface area is 116 Å². The molecular formula is C10H15ClN8. The summed E-state index contributed by atoms with van der Waals surface area (Å²) >= 11 is 0. The van der Waals surface area contributed by atoms with Crippen molar-refractivity contribution in [2.75, 3.05) is 5.73 Å². The normalized spacial score (nSPS) is 11.6. The van der Waals surface area contributed by atoms with E-state index in [1.54, 1.807) is 6.33 Å². The molecule has 1 atom stereocenters. The first-order valence-corrected chi connectivity index (χ1v) is 5.71. The van der Waals surface area contributed by atoms with Gasteiger partial charge in [0.25, 0.3) is 0 Å². The van der Waals surface area contributed by atoms with Gasteiger partial charge in [0.2, 0.25) is 0 Å². The Hall–Kier alpha value is -2.05. The predicted octanol–water partition coefficient (Wildman–Crippen LogP) is 2.31. The molecule has 9 heteroatoms. The monoisotopic (exact) mass is 282 g/mol. The van der Waals surface area contributed by atoms with Gasteiger partial charge in [0.05, 0.1) is 6.33 Å². The van der Waals surface area contributed by atoms with Gasteiger partial charge in [-0.05, 0) is 18.4 Å². The highest BCUT2D eigenvalue weighted by Gasteiger charge is 2.09. The van der Waals surface area contributed by atoms with Crippen LogP contribution in [0.1, 0.15) is 19.8 Å². The predicted molar refractivity (Wildman–Crippen MR) is 74.8 cm³/mol. The fraction of sp³-hybridized carbons (Fsp3) is 0.500. The maximum atomic E-state index is 8.44. The van der Waals surface area contributed by atoms with E-state index in [0.29, 0.717) is 23.5 Å². The number of nitrogens with zero attached hydrogens (tertiary/aromatic N) is 7. The number of azide groups is 1. The van der Waals surface area contributed by atoms with E-state index in [9.17, 15) is 0 Å². The van der Waals surface area contributed by atoms with E-state index in [1.165, 1.54) is 6.33 Å². The number of imidazole rings is 1. The Kier molecular flexibility index (Phi) is 5.35. The second kappa shape index (κ2) is 6.77. The Bertz CT molecular complexity index is 588. The largest absolute Gasteiger partial charge is 0.382 e. The van der Waals surface area contributed by atoms with Crippen LogP contribution in [0.5, 0.6) is 0 Å². The minimum absolute atomic E-state index is 0. The third-order valence-electron chi connectivity index (χ3n) is 2.82. The smallest absolute Gasteiger partial charge is 0.165 e. The van der Waals surface area contributed by atoms with Crippen molar-refractivity contribution < 1.29 is 0 Å². The summed E-state index contributed by atoms with van der Waals surface area (Å²) in [5.41, 5.74) is 15.5. The first kappa shape index (κ1) is 15.0. The number of rotatable bonds is 5. The maximum absolute atomic E-state index is 8.44. The van der Waals surface area contributed by atoms with Gasteiger partial charge in [0, 0.05) is 17.5 Å². The van der Waals surface area contributed by atoms with Crippen molar-refractivity contribution in [1.29, 1.82) is 0 Å². The number of fused-ring (bicyclic) bond motifs is 1. The van der Waals surface area contributed by atoms with Crippen molar-refractivity contribution in [3.05, 3.63) is 23.1 Å². The van der Waals surface area contributed by atoms with Gasteiger partial charge in [-0.15, -0.1) is 12.4 Å². The molecule has 0 fully saturated rings. The van der Waals surface area contributed by atoms with Gasteiger partial charge < -0.3 is 10.3 Å². The molecule has 0 radical (unpaired) electrons. The summed E-state index contributed by atoms with van der Waals surface area (Å²) in [4.78, 5) is 15.1. The average molecular weight is 283 g/mol. The third-order valence-corrected chi connectivity index (χ3v) is 2.82. The minimum Gasteiger partial charge on any atom is -0.382 e. The Balaban J connectivity index is 0.00000180. The zero-order chi connectivity index (χ0) is 13.0. The molecule has 0 spiro atoms. The molecule has 0 aliphatic rings. The van der Waals surface area contributed by atoms with E-state index in [1.807, 2.05) is 11.5 Å². The third kappa shape index (κ3) is 3.24. The molecule has 0 unspecified atom stereocenters. The van der Waals surface area contributed by atoms with Crippen molar-refractivity contribution >= 4 is 29.4 Å². The van der Waals surface area contributed by atoms with E-state index in [2.05, 4.69) is 25.0 Å². The van der Waals surface area contributed by atoms with Crippen LogP contribution in [0.2, 0.25) is 0 Å². The average Bonchev–Trinajstić information content (AvgIpc) is 2.79. The summed E-state index contributed by atoms with van der Waals surface area (Å²) in [6.07, 6.45) is 4.66. The van der Waals surface area contributed by atoms with Crippen LogP contribution in [-0.4, -0.2) is 25.6 Å². The second-order valence-electron chi connectivity index (χ2n) is 3.92. The lowest BCUT2D eigenvalue weighted by Gasteiger charge is -2.08. The molecule has 0 aromatic carbocycles. The molecule has 0 aliphatic heterocycles. The van der Waals surface area contributed by atoms with E-state index >= 15 is 0 Å². The van der Waals surface area contributed by atoms with Crippen LogP contribution in [0.3, 0.4) is 0 Å². The van der Waals surface area contributed by atoms with E-state index in [-0.39, 0.29) is 18.4 Å².